The second kappa shape index (κ2) is 21.9. The summed E-state index contributed by atoms with van der Waals surface area (Å²) < 4.78 is 37.5. The molecular formula is C54H92N6O11S. The number of aliphatic hydroxyl groups excluding tert-OH is 1. The first-order chi connectivity index (χ1) is 34.3. The lowest BCUT2D eigenvalue weighted by atomic mass is 9.43. The number of morpholine rings is 1. The van der Waals surface area contributed by atoms with Gasteiger partial charge in [-0.15, -0.1) is 0 Å². The summed E-state index contributed by atoms with van der Waals surface area (Å²) in [6, 6.07) is 0.367. The summed E-state index contributed by atoms with van der Waals surface area (Å²) in [5.41, 5.74) is 6.06. The molecule has 0 bridgehead atoms. The first-order valence-electron chi connectivity index (χ1n) is 28.1. The number of ether oxygens (including phenoxy) is 6. The van der Waals surface area contributed by atoms with Gasteiger partial charge in [-0.3, -0.25) is 14.5 Å². The molecule has 4 saturated heterocycles. The Balaban J connectivity index is 0.655. The summed E-state index contributed by atoms with van der Waals surface area (Å²) in [6.07, 6.45) is 9.59. The van der Waals surface area contributed by atoms with Gasteiger partial charge < -0.3 is 65.6 Å². The van der Waals surface area contributed by atoms with Crippen LogP contribution in [0.5, 0.6) is 0 Å². The Morgan fingerprint density at radius 3 is 2.49 bits per heavy atom. The summed E-state index contributed by atoms with van der Waals surface area (Å²) in [4.78, 5) is 38.8. The molecule has 5 aliphatic carbocycles. The molecule has 0 aromatic carbocycles. The molecular weight excluding hydrogens is 941 g/mol. The maximum Gasteiger partial charge on any atom is 0.315 e. The Kier molecular flexibility index (Phi) is 16.7. The van der Waals surface area contributed by atoms with Gasteiger partial charge in [0.15, 0.2) is 6.29 Å². The molecule has 2 spiro atoms. The number of unbranched alkanes of at least 4 members (excludes halogenated alkanes) is 1. The Hall–Kier alpha value is -1.84. The molecule has 4 aliphatic heterocycles. The van der Waals surface area contributed by atoms with Crippen molar-refractivity contribution >= 4 is 29.6 Å². The van der Waals surface area contributed by atoms with Gasteiger partial charge >= 0.3 is 6.03 Å². The molecule has 17 nitrogen and oxygen atoms in total. The van der Waals surface area contributed by atoms with E-state index in [1.807, 2.05) is 18.7 Å². The van der Waals surface area contributed by atoms with Gasteiger partial charge in [0, 0.05) is 63.2 Å². The lowest BCUT2D eigenvalue weighted by Crippen LogP contribution is -2.70. The van der Waals surface area contributed by atoms with Gasteiger partial charge in [0.2, 0.25) is 11.8 Å². The second-order valence-corrected chi connectivity index (χ2v) is 26.3. The Morgan fingerprint density at radius 2 is 1.71 bits per heavy atom. The van der Waals surface area contributed by atoms with Crippen molar-refractivity contribution in [2.24, 2.45) is 51.1 Å². The number of amides is 4. The summed E-state index contributed by atoms with van der Waals surface area (Å²) in [6.45, 7) is 20.8. The highest BCUT2D eigenvalue weighted by Crippen LogP contribution is 2.87. The van der Waals surface area contributed by atoms with Gasteiger partial charge in [-0.1, -0.05) is 34.1 Å². The van der Waals surface area contributed by atoms with Crippen LogP contribution in [0.2, 0.25) is 0 Å². The molecule has 9 fully saturated rings. The van der Waals surface area contributed by atoms with Crippen molar-refractivity contribution in [2.45, 2.75) is 197 Å². The fraction of sp³-hybridized carbons (Fsp3) is 0.944. The van der Waals surface area contributed by atoms with Gasteiger partial charge in [0.1, 0.15) is 6.10 Å². The number of rotatable bonds is 23. The zero-order valence-corrected chi connectivity index (χ0v) is 45.5. The number of nitrogens with two attached hydrogens (primary N) is 1. The summed E-state index contributed by atoms with van der Waals surface area (Å²) >= 11 is 1.90. The quantitative estimate of drug-likeness (QED) is 0.0566. The standard InChI is InChI=1S/C54H92N6O11S/c1-8-68-47(50(5,6)65)35-29-33(2)43-45(70-35)46(63)54(55)38-14-13-37-49(3,4)39(15-17-52(37)32-53(38,52)19-18-51(43,54)7)71-42-30-60(23-26-69-42)22-20-56-41(62)16-24-66-27-28-67-25-21-57-40(61)12-10-9-11-36-44-34(31-72-36)58-48(64)59-44/h33-39,42-47,63,65H,8-32,55H2,1-7H3,(H,56,62)(H,57,61)(H2,58,59,64). The van der Waals surface area contributed by atoms with Crippen LogP contribution in [0.15, 0.2) is 0 Å². The Morgan fingerprint density at radius 1 is 0.972 bits per heavy atom. The minimum atomic E-state index is -1.08. The maximum absolute atomic E-state index is 12.6. The van der Waals surface area contributed by atoms with Gasteiger partial charge in [0.05, 0.1) is 80.7 Å². The van der Waals surface area contributed by atoms with Crippen LogP contribution >= 0.6 is 11.8 Å². The van der Waals surface area contributed by atoms with E-state index in [9.17, 15) is 24.6 Å². The number of hydrogen-bond donors (Lipinski definition) is 7. The molecule has 9 rings (SSSR count). The first kappa shape index (κ1) is 54.9. The van der Waals surface area contributed by atoms with Crippen LogP contribution in [-0.2, 0) is 38.0 Å². The molecule has 0 radical (unpaired) electrons. The van der Waals surface area contributed by atoms with Gasteiger partial charge in [-0.05, 0) is 130 Å². The SMILES string of the molecule is CCOC(C1CC(C)C2C(O1)C(O)C1(N)C3CCC4C(C)(C)C(OC5CN(CCNC(=O)CCOCCOCCNC(=O)CCCCC6SCC7NC(=O)NC76)CCO5)CCC45CC35CCC21C)C(C)(C)O. The third kappa shape index (κ3) is 10.3. The van der Waals surface area contributed by atoms with Crippen LogP contribution in [0.4, 0.5) is 4.79 Å². The number of aliphatic hydroxyl groups is 2. The highest BCUT2D eigenvalue weighted by Gasteiger charge is 2.85. The van der Waals surface area contributed by atoms with Crippen molar-refractivity contribution in [3.63, 3.8) is 0 Å². The van der Waals surface area contributed by atoms with Crippen molar-refractivity contribution < 1.29 is 53.0 Å². The number of carbonyl (C=O) groups excluding carboxylic acids is 3. The van der Waals surface area contributed by atoms with Crippen LogP contribution < -0.4 is 27.0 Å². The predicted octanol–water partition coefficient (Wildman–Crippen LogP) is 4.09. The smallest absolute Gasteiger partial charge is 0.315 e. The summed E-state index contributed by atoms with van der Waals surface area (Å²) in [7, 11) is 0. The van der Waals surface area contributed by atoms with E-state index in [4.69, 9.17) is 34.2 Å². The minimum Gasteiger partial charge on any atom is -0.388 e. The molecule has 4 amide bonds. The number of nitrogens with zero attached hydrogens (tertiary/aromatic N) is 1. The second-order valence-electron chi connectivity index (χ2n) is 25.0. The molecule has 17 atom stereocenters. The number of fused-ring (bicyclic) bond motifs is 5. The van der Waals surface area contributed by atoms with Crippen LogP contribution in [0.1, 0.15) is 132 Å². The van der Waals surface area contributed by atoms with Gasteiger partial charge in [0.25, 0.3) is 0 Å². The lowest BCUT2D eigenvalue weighted by Gasteiger charge is -2.63. The molecule has 17 unspecified atom stereocenters. The number of nitrogens with one attached hydrogen (secondary N) is 4. The van der Waals surface area contributed by atoms with E-state index < -0.39 is 23.3 Å². The number of carbonyl (C=O) groups is 3. The van der Waals surface area contributed by atoms with Crippen LogP contribution in [0.25, 0.3) is 0 Å². The first-order valence-corrected chi connectivity index (χ1v) is 29.2. The molecule has 18 heteroatoms. The normalized spacial score (nSPS) is 42.2. The summed E-state index contributed by atoms with van der Waals surface area (Å²) in [5.74, 6) is 2.07. The fourth-order valence-electron chi connectivity index (χ4n) is 17.0. The van der Waals surface area contributed by atoms with E-state index in [0.717, 1.165) is 76.5 Å². The van der Waals surface area contributed by atoms with E-state index in [2.05, 4.69) is 53.9 Å². The van der Waals surface area contributed by atoms with Gasteiger partial charge in [-0.2, -0.15) is 11.8 Å². The summed E-state index contributed by atoms with van der Waals surface area (Å²) in [5, 5.41) is 36.1. The highest BCUT2D eigenvalue weighted by atomic mass is 32.2. The van der Waals surface area contributed by atoms with Crippen molar-refractivity contribution in [1.82, 2.24) is 26.2 Å². The predicted molar refractivity (Wildman–Crippen MR) is 274 cm³/mol. The molecule has 9 aliphatic rings. The number of thioether (sulfide) groups is 1. The molecule has 0 aromatic heterocycles. The van der Waals surface area contributed by atoms with E-state index >= 15 is 0 Å². The lowest BCUT2D eigenvalue weighted by molar-refractivity contribution is -0.246. The zero-order chi connectivity index (χ0) is 51.3. The molecule has 410 valence electrons. The van der Waals surface area contributed by atoms with E-state index in [-0.39, 0.29) is 100 Å². The molecule has 4 heterocycles. The van der Waals surface area contributed by atoms with Crippen molar-refractivity contribution in [3.05, 3.63) is 0 Å². The zero-order valence-electron chi connectivity index (χ0n) is 44.7. The molecule has 72 heavy (non-hydrogen) atoms. The third-order valence-corrected chi connectivity index (χ3v) is 21.8. The molecule has 0 aromatic rings. The van der Waals surface area contributed by atoms with E-state index in [1.54, 1.807) is 13.8 Å². The van der Waals surface area contributed by atoms with Crippen molar-refractivity contribution in [1.29, 1.82) is 0 Å². The maximum atomic E-state index is 12.6. The molecule has 5 saturated carbocycles. The van der Waals surface area contributed by atoms with Crippen LogP contribution in [-0.4, -0.2) is 176 Å². The largest absolute Gasteiger partial charge is 0.388 e. The fourth-order valence-corrected chi connectivity index (χ4v) is 18.6. The number of hydrogen-bond acceptors (Lipinski definition) is 14. The van der Waals surface area contributed by atoms with E-state index in [0.29, 0.717) is 83.4 Å². The number of urea groups is 1. The average Bonchev–Trinajstić information content (AvgIpc) is 3.52. The molecule has 8 N–H and O–H groups in total. The third-order valence-electron chi connectivity index (χ3n) is 20.3. The monoisotopic (exact) mass is 1030 g/mol. The Labute approximate surface area is 433 Å². The van der Waals surface area contributed by atoms with Crippen LogP contribution in [0, 0.1) is 45.3 Å². The van der Waals surface area contributed by atoms with Gasteiger partial charge in [-0.25, -0.2) is 4.79 Å². The van der Waals surface area contributed by atoms with Crippen LogP contribution in [0.3, 0.4) is 0 Å². The van der Waals surface area contributed by atoms with E-state index in [1.165, 1.54) is 6.42 Å². The minimum absolute atomic E-state index is 0.0248. The van der Waals surface area contributed by atoms with Crippen molar-refractivity contribution in [3.8, 4) is 0 Å². The Bertz CT molecular complexity index is 1910. The highest BCUT2D eigenvalue weighted by molar-refractivity contribution is 8.00. The average molecular weight is 1030 g/mol. The topological polar surface area (TPSA) is 224 Å². The van der Waals surface area contributed by atoms with Crippen molar-refractivity contribution in [2.75, 3.05) is 78.1 Å².